The molecule has 0 saturated carbocycles. The molecule has 0 radical (unpaired) electrons. The second kappa shape index (κ2) is 5.99. The maximum atomic E-state index is 11.5. The summed E-state index contributed by atoms with van der Waals surface area (Å²) < 4.78 is 10.6. The number of nitrogens with two attached hydrogens (primary N) is 1. The summed E-state index contributed by atoms with van der Waals surface area (Å²) in [5.74, 6) is 0.466. The first kappa shape index (κ1) is 14.9. The predicted octanol–water partition coefficient (Wildman–Crippen LogP) is 3.06. The van der Waals surface area contributed by atoms with E-state index in [1.54, 1.807) is 12.1 Å². The average Bonchev–Trinajstić information content (AvgIpc) is 2.96. The topological polar surface area (TPSA) is 61.5 Å². The number of halogens is 1. The van der Waals surface area contributed by atoms with Gasteiger partial charge < -0.3 is 15.2 Å². The Bertz CT molecular complexity index is 713. The van der Waals surface area contributed by atoms with Crippen LogP contribution in [0.1, 0.15) is 15.9 Å². The quantitative estimate of drug-likeness (QED) is 0.884. The Kier molecular flexibility index (Phi) is 4.05. The van der Waals surface area contributed by atoms with Gasteiger partial charge in [0.1, 0.15) is 11.9 Å². The van der Waals surface area contributed by atoms with Crippen molar-refractivity contribution >= 4 is 17.6 Å². The van der Waals surface area contributed by atoms with Crippen molar-refractivity contribution in [1.82, 2.24) is 0 Å². The van der Waals surface area contributed by atoms with Gasteiger partial charge in [-0.05, 0) is 35.4 Å². The van der Waals surface area contributed by atoms with Crippen molar-refractivity contribution in [2.45, 2.75) is 12.5 Å². The number of rotatable bonds is 3. The Morgan fingerprint density at radius 1 is 1.36 bits per heavy atom. The monoisotopic (exact) mass is 317 g/mol. The van der Waals surface area contributed by atoms with Gasteiger partial charge in [0.25, 0.3) is 0 Å². The molecule has 2 N–H and O–H groups in total. The summed E-state index contributed by atoms with van der Waals surface area (Å²) in [4.78, 5) is 11.5. The van der Waals surface area contributed by atoms with Crippen LogP contribution in [0, 0.1) is 0 Å². The van der Waals surface area contributed by atoms with Crippen molar-refractivity contribution < 1.29 is 14.3 Å². The molecule has 3 rings (SSSR count). The molecule has 0 aliphatic carbocycles. The lowest BCUT2D eigenvalue weighted by molar-refractivity contribution is 0.0601. The second-order valence-corrected chi connectivity index (χ2v) is 5.63. The number of carbonyl (C=O) groups is 1. The highest BCUT2D eigenvalue weighted by molar-refractivity contribution is 6.31. The summed E-state index contributed by atoms with van der Waals surface area (Å²) in [7, 11) is 1.36. The zero-order valence-corrected chi connectivity index (χ0v) is 12.9. The zero-order chi connectivity index (χ0) is 15.7. The van der Waals surface area contributed by atoms with Crippen molar-refractivity contribution in [3.8, 4) is 16.9 Å². The van der Waals surface area contributed by atoms with E-state index in [0.717, 1.165) is 28.9 Å². The van der Waals surface area contributed by atoms with Gasteiger partial charge in [-0.15, -0.1) is 0 Å². The fraction of sp³-hybridized carbons (Fsp3) is 0.235. The summed E-state index contributed by atoms with van der Waals surface area (Å²) in [6, 6.07) is 11.0. The van der Waals surface area contributed by atoms with Crippen LogP contribution in [-0.4, -0.2) is 25.7 Å². The highest BCUT2D eigenvalue weighted by atomic mass is 35.5. The average molecular weight is 318 g/mol. The minimum atomic E-state index is -0.359. The summed E-state index contributed by atoms with van der Waals surface area (Å²) in [5.41, 5.74) is 9.12. The van der Waals surface area contributed by atoms with Gasteiger partial charge in [-0.1, -0.05) is 23.7 Å². The molecule has 0 bridgehead atoms. The molecule has 2 aromatic rings. The molecular formula is C17H16ClNO3. The van der Waals surface area contributed by atoms with E-state index in [9.17, 15) is 4.79 Å². The SMILES string of the molecule is COC(=O)c1ccc(-c2cc(Cl)cc3c2OC(CN)C3)cc1. The van der Waals surface area contributed by atoms with Crippen molar-refractivity contribution in [3.05, 3.63) is 52.5 Å². The lowest BCUT2D eigenvalue weighted by Crippen LogP contribution is -2.24. The first-order valence-electron chi connectivity index (χ1n) is 7.00. The molecule has 1 aliphatic rings. The largest absolute Gasteiger partial charge is 0.488 e. The van der Waals surface area contributed by atoms with E-state index in [-0.39, 0.29) is 12.1 Å². The number of ether oxygens (including phenoxy) is 2. The second-order valence-electron chi connectivity index (χ2n) is 5.19. The number of fused-ring (bicyclic) bond motifs is 1. The molecule has 2 aromatic carbocycles. The summed E-state index contributed by atoms with van der Waals surface area (Å²) in [6.07, 6.45) is 0.751. The van der Waals surface area contributed by atoms with Crippen molar-refractivity contribution in [3.63, 3.8) is 0 Å². The molecule has 0 fully saturated rings. The number of hydrogen-bond donors (Lipinski definition) is 1. The minimum Gasteiger partial charge on any atom is -0.488 e. The fourth-order valence-electron chi connectivity index (χ4n) is 2.64. The molecule has 22 heavy (non-hydrogen) atoms. The molecule has 5 heteroatoms. The van der Waals surface area contributed by atoms with Gasteiger partial charge >= 0.3 is 5.97 Å². The number of carbonyl (C=O) groups excluding carboxylic acids is 1. The normalized spacial score (nSPS) is 16.0. The number of benzene rings is 2. The predicted molar refractivity (Wildman–Crippen MR) is 85.4 cm³/mol. The maximum Gasteiger partial charge on any atom is 0.337 e. The fourth-order valence-corrected chi connectivity index (χ4v) is 2.88. The molecule has 4 nitrogen and oxygen atoms in total. The van der Waals surface area contributed by atoms with Crippen LogP contribution >= 0.6 is 11.6 Å². The van der Waals surface area contributed by atoms with Crippen LogP contribution in [-0.2, 0) is 11.2 Å². The zero-order valence-electron chi connectivity index (χ0n) is 12.1. The molecule has 0 amide bonds. The molecule has 0 aromatic heterocycles. The summed E-state index contributed by atoms with van der Waals surface area (Å²) >= 11 is 6.21. The van der Waals surface area contributed by atoms with E-state index in [1.807, 2.05) is 24.3 Å². The van der Waals surface area contributed by atoms with Crippen LogP contribution < -0.4 is 10.5 Å². The van der Waals surface area contributed by atoms with Crippen LogP contribution in [0.25, 0.3) is 11.1 Å². The Morgan fingerprint density at radius 3 is 2.73 bits per heavy atom. The smallest absolute Gasteiger partial charge is 0.337 e. The highest BCUT2D eigenvalue weighted by Gasteiger charge is 2.25. The third-order valence-corrected chi connectivity index (χ3v) is 3.96. The van der Waals surface area contributed by atoms with Crippen LogP contribution in [0.2, 0.25) is 5.02 Å². The molecule has 1 atom stereocenters. The van der Waals surface area contributed by atoms with Gasteiger partial charge in [-0.2, -0.15) is 0 Å². The minimum absolute atomic E-state index is 0.0124. The molecule has 1 heterocycles. The van der Waals surface area contributed by atoms with Crippen molar-refractivity contribution in [1.29, 1.82) is 0 Å². The molecule has 0 spiro atoms. The van der Waals surface area contributed by atoms with E-state index in [1.165, 1.54) is 7.11 Å². The van der Waals surface area contributed by atoms with E-state index >= 15 is 0 Å². The van der Waals surface area contributed by atoms with E-state index < -0.39 is 0 Å². The molecule has 1 aliphatic heterocycles. The third-order valence-electron chi connectivity index (χ3n) is 3.74. The van der Waals surface area contributed by atoms with E-state index in [2.05, 4.69) is 0 Å². The summed E-state index contributed by atoms with van der Waals surface area (Å²) in [6.45, 7) is 0.465. The van der Waals surface area contributed by atoms with Gasteiger partial charge in [0.15, 0.2) is 0 Å². The van der Waals surface area contributed by atoms with Crippen LogP contribution in [0.4, 0.5) is 0 Å². The Hall–Kier alpha value is -2.04. The van der Waals surface area contributed by atoms with Crippen LogP contribution in [0.15, 0.2) is 36.4 Å². The Labute approximate surface area is 133 Å². The maximum absolute atomic E-state index is 11.5. The lowest BCUT2D eigenvalue weighted by atomic mass is 9.99. The van der Waals surface area contributed by atoms with Crippen LogP contribution in [0.5, 0.6) is 5.75 Å². The standard InChI is InChI=1S/C17H16ClNO3/c1-21-17(20)11-4-2-10(3-5-11)15-8-13(18)6-12-7-14(9-19)22-16(12)15/h2-6,8,14H,7,9,19H2,1H3. The van der Waals surface area contributed by atoms with Gasteiger partial charge in [-0.25, -0.2) is 4.79 Å². The Morgan fingerprint density at radius 2 is 2.09 bits per heavy atom. The molecular weight excluding hydrogens is 302 g/mol. The number of esters is 1. The van der Waals surface area contributed by atoms with Crippen molar-refractivity contribution in [2.75, 3.05) is 13.7 Å². The van der Waals surface area contributed by atoms with Gasteiger partial charge in [-0.3, -0.25) is 0 Å². The highest BCUT2D eigenvalue weighted by Crippen LogP contribution is 2.41. The Balaban J connectivity index is 2.01. The number of hydrogen-bond acceptors (Lipinski definition) is 4. The molecule has 1 unspecified atom stereocenters. The first-order valence-corrected chi connectivity index (χ1v) is 7.38. The van der Waals surface area contributed by atoms with E-state index in [4.69, 9.17) is 26.8 Å². The van der Waals surface area contributed by atoms with Crippen molar-refractivity contribution in [2.24, 2.45) is 5.73 Å². The van der Waals surface area contributed by atoms with Crippen LogP contribution in [0.3, 0.4) is 0 Å². The third kappa shape index (κ3) is 2.67. The lowest BCUT2D eigenvalue weighted by Gasteiger charge is -2.12. The summed E-state index contributed by atoms with van der Waals surface area (Å²) in [5, 5.41) is 0.659. The van der Waals surface area contributed by atoms with Gasteiger partial charge in [0, 0.05) is 23.6 Å². The molecule has 0 saturated heterocycles. The van der Waals surface area contributed by atoms with Gasteiger partial charge in [0.2, 0.25) is 0 Å². The van der Waals surface area contributed by atoms with E-state index in [0.29, 0.717) is 17.1 Å². The first-order chi connectivity index (χ1) is 10.6. The van der Waals surface area contributed by atoms with Gasteiger partial charge in [0.05, 0.1) is 12.7 Å². The molecule has 114 valence electrons. The number of methoxy groups -OCH3 is 1.